The molecular formula is C24H30ClN5OS. The minimum Gasteiger partial charge on any atom is -0.349 e. The van der Waals surface area contributed by atoms with Crippen molar-refractivity contribution in [3.63, 3.8) is 0 Å². The van der Waals surface area contributed by atoms with Crippen LogP contribution in [-0.2, 0) is 17.1 Å². The van der Waals surface area contributed by atoms with Crippen LogP contribution < -0.4 is 11.1 Å². The maximum absolute atomic E-state index is 12.3. The molecule has 170 valence electrons. The van der Waals surface area contributed by atoms with Crippen molar-refractivity contribution in [1.82, 2.24) is 20.1 Å². The largest absolute Gasteiger partial charge is 0.349 e. The zero-order valence-electron chi connectivity index (χ0n) is 18.6. The number of unbranched alkanes of at least 4 members (excludes halogenated alkanes) is 2. The number of benzene rings is 2. The van der Waals surface area contributed by atoms with Crippen molar-refractivity contribution >= 4 is 29.3 Å². The fourth-order valence-electron chi connectivity index (χ4n) is 3.40. The zero-order chi connectivity index (χ0) is 22.9. The van der Waals surface area contributed by atoms with E-state index < -0.39 is 0 Å². The Morgan fingerprint density at radius 2 is 1.97 bits per heavy atom. The number of carbonyl (C=O) groups excluding carboxylic acids is 1. The van der Waals surface area contributed by atoms with Gasteiger partial charge >= 0.3 is 0 Å². The van der Waals surface area contributed by atoms with Crippen LogP contribution in [0.5, 0.6) is 0 Å². The van der Waals surface area contributed by atoms with Gasteiger partial charge in [-0.3, -0.25) is 9.36 Å². The molecule has 1 heterocycles. The van der Waals surface area contributed by atoms with E-state index in [1.165, 1.54) is 11.1 Å². The maximum atomic E-state index is 12.3. The fourth-order valence-corrected chi connectivity index (χ4v) is 4.47. The number of rotatable bonds is 11. The van der Waals surface area contributed by atoms with E-state index in [1.54, 1.807) is 11.8 Å². The average molecular weight is 472 g/mol. The minimum atomic E-state index is 0.00773. The highest BCUT2D eigenvalue weighted by atomic mass is 35.5. The molecule has 1 aromatic heterocycles. The summed E-state index contributed by atoms with van der Waals surface area (Å²) in [7, 11) is 0. The van der Waals surface area contributed by atoms with Crippen LogP contribution in [0.2, 0.25) is 5.02 Å². The summed E-state index contributed by atoms with van der Waals surface area (Å²) in [5.74, 6) is 1.46. The summed E-state index contributed by atoms with van der Waals surface area (Å²) in [4.78, 5) is 12.3. The molecule has 3 N–H and O–H groups in total. The lowest BCUT2D eigenvalue weighted by molar-refractivity contribution is -0.121. The first kappa shape index (κ1) is 24.3. The van der Waals surface area contributed by atoms with Gasteiger partial charge in [-0.05, 0) is 56.5 Å². The molecule has 0 aliphatic heterocycles. The molecule has 32 heavy (non-hydrogen) atoms. The van der Waals surface area contributed by atoms with Crippen molar-refractivity contribution in [2.75, 3.05) is 6.54 Å². The topological polar surface area (TPSA) is 85.8 Å². The average Bonchev–Trinajstić information content (AvgIpc) is 3.18. The van der Waals surface area contributed by atoms with Crippen molar-refractivity contribution in [2.24, 2.45) is 5.73 Å². The highest BCUT2D eigenvalue weighted by Gasteiger charge is 2.17. The smallest absolute Gasteiger partial charge is 0.220 e. The summed E-state index contributed by atoms with van der Waals surface area (Å²) in [5.41, 5.74) is 9.94. The molecule has 0 saturated heterocycles. The van der Waals surface area contributed by atoms with Gasteiger partial charge in [-0.1, -0.05) is 65.7 Å². The molecule has 0 fully saturated rings. The number of nitrogens with zero attached hydrogens (tertiary/aromatic N) is 3. The van der Waals surface area contributed by atoms with Crippen LogP contribution in [0.4, 0.5) is 0 Å². The Kier molecular flexibility index (Phi) is 9.14. The maximum Gasteiger partial charge on any atom is 0.220 e. The third-order valence-electron chi connectivity index (χ3n) is 5.11. The van der Waals surface area contributed by atoms with Gasteiger partial charge in [0.2, 0.25) is 5.91 Å². The number of carbonyl (C=O) groups is 1. The molecule has 0 spiro atoms. The van der Waals surface area contributed by atoms with Gasteiger partial charge in [-0.2, -0.15) is 0 Å². The number of hydrogen-bond acceptors (Lipinski definition) is 5. The first-order valence-electron chi connectivity index (χ1n) is 10.8. The molecule has 0 unspecified atom stereocenters. The Bertz CT molecular complexity index is 1050. The molecule has 0 saturated carbocycles. The number of halogens is 1. The second-order valence-corrected chi connectivity index (χ2v) is 9.20. The standard InChI is InChI=1S/C24H30ClN5OS/c1-17-7-6-8-19(13-17)16-32-24-29-28-22(15-27-23(31)9-4-3-5-12-26)30(24)21-14-20(25)11-10-18(21)2/h6-8,10-11,13-14H,3-5,9,12,15-16,26H2,1-2H3,(H,27,31). The molecule has 0 aliphatic carbocycles. The number of nitrogens with two attached hydrogens (primary N) is 1. The van der Waals surface area contributed by atoms with Crippen LogP contribution in [-0.4, -0.2) is 27.2 Å². The molecule has 0 radical (unpaired) electrons. The zero-order valence-corrected chi connectivity index (χ0v) is 20.2. The highest BCUT2D eigenvalue weighted by molar-refractivity contribution is 7.98. The summed E-state index contributed by atoms with van der Waals surface area (Å²) in [6.45, 7) is 5.08. The Labute approximate surface area is 198 Å². The fraction of sp³-hybridized carbons (Fsp3) is 0.375. The van der Waals surface area contributed by atoms with E-state index in [2.05, 4.69) is 46.7 Å². The van der Waals surface area contributed by atoms with E-state index in [0.29, 0.717) is 30.4 Å². The second-order valence-electron chi connectivity index (χ2n) is 7.82. The molecule has 0 aliphatic rings. The molecule has 3 aromatic rings. The predicted octanol–water partition coefficient (Wildman–Crippen LogP) is 4.97. The van der Waals surface area contributed by atoms with Crippen LogP contribution in [0.1, 0.15) is 48.2 Å². The second kappa shape index (κ2) is 12.0. The van der Waals surface area contributed by atoms with Gasteiger partial charge in [0.25, 0.3) is 0 Å². The van der Waals surface area contributed by atoms with Gasteiger partial charge in [0.15, 0.2) is 11.0 Å². The number of aromatic nitrogens is 3. The molecular weight excluding hydrogens is 442 g/mol. The van der Waals surface area contributed by atoms with Gasteiger partial charge in [-0.25, -0.2) is 0 Å². The summed E-state index contributed by atoms with van der Waals surface area (Å²) in [5, 5.41) is 13.2. The summed E-state index contributed by atoms with van der Waals surface area (Å²) in [6, 6.07) is 14.2. The molecule has 2 aromatic carbocycles. The Balaban J connectivity index is 1.79. The third-order valence-corrected chi connectivity index (χ3v) is 6.35. The van der Waals surface area contributed by atoms with Gasteiger partial charge in [0, 0.05) is 17.2 Å². The van der Waals surface area contributed by atoms with Crippen LogP contribution in [0, 0.1) is 13.8 Å². The monoisotopic (exact) mass is 471 g/mol. The third kappa shape index (κ3) is 6.82. The molecule has 6 nitrogen and oxygen atoms in total. The van der Waals surface area contributed by atoms with Crippen LogP contribution >= 0.6 is 23.4 Å². The summed E-state index contributed by atoms with van der Waals surface area (Å²) >= 11 is 7.91. The van der Waals surface area contributed by atoms with E-state index in [1.807, 2.05) is 29.7 Å². The van der Waals surface area contributed by atoms with Crippen molar-refractivity contribution in [1.29, 1.82) is 0 Å². The first-order valence-corrected chi connectivity index (χ1v) is 12.2. The Hall–Kier alpha value is -2.35. The van der Waals surface area contributed by atoms with Crippen molar-refractivity contribution < 1.29 is 4.79 Å². The van der Waals surface area contributed by atoms with Gasteiger partial charge in [0.1, 0.15) is 0 Å². The van der Waals surface area contributed by atoms with E-state index in [9.17, 15) is 4.79 Å². The minimum absolute atomic E-state index is 0.00773. The molecule has 8 heteroatoms. The van der Waals surface area contributed by atoms with E-state index in [-0.39, 0.29) is 5.91 Å². The quantitative estimate of drug-likeness (QED) is 0.304. The molecule has 1 amide bonds. The molecule has 0 atom stereocenters. The lowest BCUT2D eigenvalue weighted by Crippen LogP contribution is -2.24. The van der Waals surface area contributed by atoms with Crippen LogP contribution in [0.3, 0.4) is 0 Å². The van der Waals surface area contributed by atoms with Gasteiger partial charge in [0.05, 0.1) is 12.2 Å². The van der Waals surface area contributed by atoms with E-state index in [4.69, 9.17) is 17.3 Å². The van der Waals surface area contributed by atoms with Crippen molar-refractivity contribution in [3.05, 3.63) is 70.0 Å². The predicted molar refractivity (Wildman–Crippen MR) is 131 cm³/mol. The number of hydrogen-bond donors (Lipinski definition) is 2. The summed E-state index contributed by atoms with van der Waals surface area (Å²) in [6.07, 6.45) is 3.22. The number of amides is 1. The SMILES string of the molecule is Cc1cccc(CSc2nnc(CNC(=O)CCCCCN)n2-c2cc(Cl)ccc2C)c1. The normalized spacial score (nSPS) is 11.0. The van der Waals surface area contributed by atoms with Crippen LogP contribution in [0.15, 0.2) is 47.6 Å². The van der Waals surface area contributed by atoms with Gasteiger partial charge < -0.3 is 11.1 Å². The Morgan fingerprint density at radius 1 is 1.12 bits per heavy atom. The number of nitrogens with one attached hydrogen (secondary N) is 1. The lowest BCUT2D eigenvalue weighted by atomic mass is 10.2. The highest BCUT2D eigenvalue weighted by Crippen LogP contribution is 2.28. The van der Waals surface area contributed by atoms with E-state index >= 15 is 0 Å². The lowest BCUT2D eigenvalue weighted by Gasteiger charge is -2.14. The Morgan fingerprint density at radius 3 is 2.75 bits per heavy atom. The summed E-state index contributed by atoms with van der Waals surface area (Å²) < 4.78 is 2.00. The van der Waals surface area contributed by atoms with Gasteiger partial charge in [-0.15, -0.1) is 10.2 Å². The van der Waals surface area contributed by atoms with E-state index in [0.717, 1.165) is 41.4 Å². The molecule has 3 rings (SSSR count). The van der Waals surface area contributed by atoms with Crippen molar-refractivity contribution in [3.8, 4) is 5.69 Å². The van der Waals surface area contributed by atoms with Crippen LogP contribution in [0.25, 0.3) is 5.69 Å². The number of aryl methyl sites for hydroxylation is 2. The number of thioether (sulfide) groups is 1. The first-order chi connectivity index (χ1) is 15.5. The van der Waals surface area contributed by atoms with Crippen molar-refractivity contribution in [2.45, 2.75) is 57.0 Å². The molecule has 0 bridgehead atoms.